The first-order valence-electron chi connectivity index (χ1n) is 5.57. The lowest BCUT2D eigenvalue weighted by Crippen LogP contribution is -2.06. The van der Waals surface area contributed by atoms with Gasteiger partial charge in [0.1, 0.15) is 0 Å². The molecular weight excluding hydrogens is 180 g/mol. The third kappa shape index (κ3) is 12.1. The van der Waals surface area contributed by atoms with Crippen LogP contribution in [0.15, 0.2) is 0 Å². The summed E-state index contributed by atoms with van der Waals surface area (Å²) in [4.78, 5) is 0. The summed E-state index contributed by atoms with van der Waals surface area (Å²) in [5, 5.41) is 0. The summed E-state index contributed by atoms with van der Waals surface area (Å²) in [6.07, 6.45) is 7.67. The summed E-state index contributed by atoms with van der Waals surface area (Å²) in [6.45, 7) is 6.16. The molecule has 0 heterocycles. The van der Waals surface area contributed by atoms with Gasteiger partial charge in [-0.1, -0.05) is 39.5 Å². The largest absolute Gasteiger partial charge is 0.399 e. The van der Waals surface area contributed by atoms with Gasteiger partial charge in [0.15, 0.2) is 0 Å². The van der Waals surface area contributed by atoms with Gasteiger partial charge in [-0.15, -0.1) is 0 Å². The Morgan fingerprint density at radius 1 is 0.769 bits per heavy atom. The van der Waals surface area contributed by atoms with Crippen LogP contribution in [0.2, 0.25) is 0 Å². The van der Waals surface area contributed by atoms with Crippen molar-refractivity contribution < 1.29 is 8.85 Å². The molecule has 0 saturated heterocycles. The average molecular weight is 204 g/mol. The van der Waals surface area contributed by atoms with Crippen molar-refractivity contribution in [2.45, 2.75) is 52.4 Å². The maximum atomic E-state index is 5.43. The van der Waals surface area contributed by atoms with Gasteiger partial charge >= 0.3 is 10.0 Å². The van der Waals surface area contributed by atoms with Crippen molar-refractivity contribution >= 4 is 10.0 Å². The predicted molar refractivity (Wildman–Crippen MR) is 59.5 cm³/mol. The highest BCUT2D eigenvalue weighted by Crippen LogP contribution is 2.01. The van der Waals surface area contributed by atoms with Crippen molar-refractivity contribution in [1.29, 1.82) is 0 Å². The van der Waals surface area contributed by atoms with Crippen molar-refractivity contribution in [2.75, 3.05) is 13.2 Å². The van der Waals surface area contributed by atoms with Crippen LogP contribution in [0, 0.1) is 0 Å². The fourth-order valence-electron chi connectivity index (χ4n) is 1.13. The van der Waals surface area contributed by atoms with E-state index in [2.05, 4.69) is 13.8 Å². The van der Waals surface area contributed by atoms with Crippen LogP contribution in [-0.4, -0.2) is 23.2 Å². The monoisotopic (exact) mass is 204 g/mol. The Labute approximate surface area is 85.1 Å². The molecule has 0 unspecified atom stereocenters. The molecule has 0 amide bonds. The molecule has 0 spiro atoms. The van der Waals surface area contributed by atoms with Crippen LogP contribution in [0.1, 0.15) is 52.4 Å². The Balaban J connectivity index is 2.76. The third-order valence-corrected chi connectivity index (χ3v) is 2.82. The Kier molecular flexibility index (Phi) is 12.3. The number of hydrogen-bond donors (Lipinski definition) is 0. The second-order valence-electron chi connectivity index (χ2n) is 3.35. The fraction of sp³-hybridized carbons (Fsp3) is 1.00. The summed E-state index contributed by atoms with van der Waals surface area (Å²) in [7, 11) is -0.639. The molecule has 3 heteroatoms. The van der Waals surface area contributed by atoms with Gasteiger partial charge in [0, 0.05) is 13.2 Å². The van der Waals surface area contributed by atoms with Crippen molar-refractivity contribution in [3.8, 4) is 0 Å². The van der Waals surface area contributed by atoms with Crippen LogP contribution in [0.5, 0.6) is 0 Å². The van der Waals surface area contributed by atoms with Gasteiger partial charge in [-0.25, -0.2) is 0 Å². The van der Waals surface area contributed by atoms with Crippen LogP contribution >= 0.6 is 0 Å². The van der Waals surface area contributed by atoms with Crippen molar-refractivity contribution in [3.05, 3.63) is 0 Å². The van der Waals surface area contributed by atoms with Crippen LogP contribution in [0.3, 0.4) is 0 Å². The highest BCUT2D eigenvalue weighted by molar-refractivity contribution is 6.17. The normalized spacial score (nSPS) is 11.5. The van der Waals surface area contributed by atoms with Crippen LogP contribution in [-0.2, 0) is 8.85 Å². The quantitative estimate of drug-likeness (QED) is 0.402. The molecule has 13 heavy (non-hydrogen) atoms. The van der Waals surface area contributed by atoms with E-state index in [4.69, 9.17) is 8.85 Å². The molecule has 0 fully saturated rings. The van der Waals surface area contributed by atoms with E-state index in [9.17, 15) is 0 Å². The zero-order valence-corrected chi connectivity index (χ0v) is 10.6. The second-order valence-corrected chi connectivity index (χ2v) is 4.40. The molecule has 0 N–H and O–H groups in total. The molecule has 0 aromatic carbocycles. The van der Waals surface area contributed by atoms with Gasteiger partial charge in [-0.3, -0.25) is 0 Å². The maximum Gasteiger partial charge on any atom is 0.304 e. The lowest BCUT2D eigenvalue weighted by molar-refractivity contribution is 0.217. The first-order valence-corrected chi connectivity index (χ1v) is 6.72. The van der Waals surface area contributed by atoms with Gasteiger partial charge in [0.2, 0.25) is 0 Å². The Morgan fingerprint density at radius 2 is 1.46 bits per heavy atom. The Bertz CT molecular complexity index is 79.0. The van der Waals surface area contributed by atoms with Gasteiger partial charge < -0.3 is 8.85 Å². The molecule has 0 aliphatic carbocycles. The molecular formula is C10H24O2Si. The molecule has 0 bridgehead atoms. The second kappa shape index (κ2) is 12.1. The lowest BCUT2D eigenvalue weighted by atomic mass is 10.2. The minimum Gasteiger partial charge on any atom is -0.399 e. The first-order chi connectivity index (χ1) is 6.41. The first kappa shape index (κ1) is 13.1. The molecule has 0 atom stereocenters. The number of hydrogen-bond acceptors (Lipinski definition) is 2. The molecule has 0 radical (unpaired) electrons. The van der Waals surface area contributed by atoms with Crippen LogP contribution in [0.25, 0.3) is 0 Å². The zero-order valence-electron chi connectivity index (χ0n) is 9.18. The topological polar surface area (TPSA) is 18.5 Å². The van der Waals surface area contributed by atoms with E-state index in [-0.39, 0.29) is 0 Å². The van der Waals surface area contributed by atoms with E-state index in [0.29, 0.717) is 0 Å². The Morgan fingerprint density at radius 3 is 2.15 bits per heavy atom. The maximum absolute atomic E-state index is 5.43. The van der Waals surface area contributed by atoms with E-state index in [1.165, 1.54) is 32.1 Å². The van der Waals surface area contributed by atoms with Crippen LogP contribution in [0.4, 0.5) is 0 Å². The minimum absolute atomic E-state index is 0.639. The van der Waals surface area contributed by atoms with E-state index in [1.54, 1.807) is 0 Å². The average Bonchev–Trinajstić information content (AvgIpc) is 2.16. The van der Waals surface area contributed by atoms with E-state index < -0.39 is 10.0 Å². The summed E-state index contributed by atoms with van der Waals surface area (Å²) >= 11 is 0. The molecule has 0 aliphatic rings. The van der Waals surface area contributed by atoms with E-state index in [1.807, 2.05) is 0 Å². The van der Waals surface area contributed by atoms with Gasteiger partial charge in [-0.2, -0.15) is 0 Å². The molecule has 0 aromatic heterocycles. The molecule has 0 rings (SSSR count). The number of unbranched alkanes of at least 4 members (excludes halogenated alkanes) is 4. The summed E-state index contributed by atoms with van der Waals surface area (Å²) in [5.74, 6) is 0. The summed E-state index contributed by atoms with van der Waals surface area (Å²) in [5.41, 5.74) is 0. The molecule has 2 nitrogen and oxygen atoms in total. The van der Waals surface area contributed by atoms with Gasteiger partial charge in [0.25, 0.3) is 0 Å². The highest BCUT2D eigenvalue weighted by Gasteiger charge is 1.90. The summed E-state index contributed by atoms with van der Waals surface area (Å²) < 4.78 is 10.8. The standard InChI is InChI=1S/C10H24O2Si/c1-3-5-6-7-8-10-12-13-11-9-4-2/h3-10,13H2,1-2H3. The zero-order chi connectivity index (χ0) is 9.78. The third-order valence-electron chi connectivity index (χ3n) is 1.91. The fourth-order valence-corrected chi connectivity index (χ4v) is 1.98. The SMILES string of the molecule is CCCCCCCO[SiH2]OCCC. The predicted octanol–water partition coefficient (Wildman–Crippen LogP) is 2.40. The Hall–Kier alpha value is 0.137. The van der Waals surface area contributed by atoms with Crippen molar-refractivity contribution in [1.82, 2.24) is 0 Å². The van der Waals surface area contributed by atoms with Crippen molar-refractivity contribution in [2.24, 2.45) is 0 Å². The van der Waals surface area contributed by atoms with Gasteiger partial charge in [-0.05, 0) is 12.8 Å². The number of rotatable bonds is 10. The lowest BCUT2D eigenvalue weighted by Gasteiger charge is -2.03. The molecule has 0 aliphatic heterocycles. The summed E-state index contributed by atoms with van der Waals surface area (Å²) in [6, 6.07) is 0. The van der Waals surface area contributed by atoms with Gasteiger partial charge in [0.05, 0.1) is 0 Å². The molecule has 80 valence electrons. The smallest absolute Gasteiger partial charge is 0.304 e. The van der Waals surface area contributed by atoms with Crippen molar-refractivity contribution in [3.63, 3.8) is 0 Å². The van der Waals surface area contributed by atoms with E-state index in [0.717, 1.165) is 19.6 Å². The molecule has 0 saturated carbocycles. The van der Waals surface area contributed by atoms with E-state index >= 15 is 0 Å². The highest BCUT2D eigenvalue weighted by atomic mass is 28.3. The van der Waals surface area contributed by atoms with Crippen LogP contribution < -0.4 is 0 Å². The minimum atomic E-state index is -0.639. The molecule has 0 aromatic rings.